The number of unbranched alkanes of at least 4 members (excludes halogenated alkanes) is 3. The molecule has 0 aromatic carbocycles. The van der Waals surface area contributed by atoms with Gasteiger partial charge >= 0.3 is 5.97 Å². The Kier molecular flexibility index (Phi) is 7.85. The van der Waals surface area contributed by atoms with Gasteiger partial charge in [0.05, 0.1) is 12.2 Å². The summed E-state index contributed by atoms with van der Waals surface area (Å²) in [5.74, 6) is -0.925. The SMILES string of the molecule is CCCCC/C=C\C[C@@H]1/C(=C/[C@@H]2O[C@@H]2CCCC(=O)O)C(=O)C[C@H]1O. The van der Waals surface area contributed by atoms with Gasteiger partial charge in [0, 0.05) is 18.8 Å². The van der Waals surface area contributed by atoms with Gasteiger partial charge < -0.3 is 14.9 Å². The number of aliphatic hydroxyl groups excluding tert-OH is 1. The number of ketones is 1. The van der Waals surface area contributed by atoms with Gasteiger partial charge in [0.15, 0.2) is 5.78 Å². The van der Waals surface area contributed by atoms with Crippen LogP contribution in [0.5, 0.6) is 0 Å². The van der Waals surface area contributed by atoms with Crippen LogP contribution in [0, 0.1) is 5.92 Å². The number of rotatable bonds is 11. The van der Waals surface area contributed by atoms with Crippen molar-refractivity contribution in [3.63, 3.8) is 0 Å². The van der Waals surface area contributed by atoms with Crippen LogP contribution in [0.2, 0.25) is 0 Å². The van der Waals surface area contributed by atoms with Crippen LogP contribution < -0.4 is 0 Å². The highest BCUT2D eigenvalue weighted by atomic mass is 16.6. The number of Topliss-reactive ketones (excluding diaryl/α,β-unsaturated/α-hetero) is 1. The van der Waals surface area contributed by atoms with Gasteiger partial charge in [-0.1, -0.05) is 31.9 Å². The standard InChI is InChI=1S/C20H30O5/c1-2-3-4-5-6-7-9-14-15(17(22)13-16(14)21)12-19-18(25-19)10-8-11-20(23)24/h6-7,12,14,16,18-19,21H,2-5,8-11,13H2,1H3,(H,23,24)/b7-6-,15-12-/t14-,16-,18-,19+/m1/s1. The number of aliphatic carboxylic acids is 1. The van der Waals surface area contributed by atoms with E-state index in [2.05, 4.69) is 19.1 Å². The lowest BCUT2D eigenvalue weighted by Gasteiger charge is -2.12. The Bertz CT molecular complexity index is 522. The summed E-state index contributed by atoms with van der Waals surface area (Å²) >= 11 is 0. The van der Waals surface area contributed by atoms with Gasteiger partial charge in [0.1, 0.15) is 6.10 Å². The lowest BCUT2D eigenvalue weighted by atomic mass is 9.95. The molecule has 5 nitrogen and oxygen atoms in total. The number of carboxylic acids is 1. The summed E-state index contributed by atoms with van der Waals surface area (Å²) in [7, 11) is 0. The van der Waals surface area contributed by atoms with Crippen LogP contribution in [0.4, 0.5) is 0 Å². The second kappa shape index (κ2) is 9.88. The van der Waals surface area contributed by atoms with E-state index in [4.69, 9.17) is 9.84 Å². The summed E-state index contributed by atoms with van der Waals surface area (Å²) in [5.41, 5.74) is 0.691. The summed E-state index contributed by atoms with van der Waals surface area (Å²) in [5, 5.41) is 18.8. The highest BCUT2D eigenvalue weighted by Crippen LogP contribution is 2.36. The van der Waals surface area contributed by atoms with Crippen molar-refractivity contribution in [2.45, 2.75) is 83.0 Å². The van der Waals surface area contributed by atoms with Crippen molar-refractivity contribution < 1.29 is 24.5 Å². The van der Waals surface area contributed by atoms with E-state index in [-0.39, 0.29) is 36.8 Å². The molecular weight excluding hydrogens is 320 g/mol. The van der Waals surface area contributed by atoms with E-state index in [1.807, 2.05) is 6.08 Å². The molecule has 1 heterocycles. The first kappa shape index (κ1) is 19.9. The third-order valence-electron chi connectivity index (χ3n) is 4.96. The predicted octanol–water partition coefficient (Wildman–Crippen LogP) is 3.41. The molecule has 0 aromatic heterocycles. The smallest absolute Gasteiger partial charge is 0.303 e. The summed E-state index contributed by atoms with van der Waals surface area (Å²) in [4.78, 5) is 22.7. The number of hydrogen-bond acceptors (Lipinski definition) is 4. The molecule has 140 valence electrons. The van der Waals surface area contributed by atoms with Crippen LogP contribution in [-0.4, -0.2) is 40.3 Å². The van der Waals surface area contributed by atoms with Crippen molar-refractivity contribution in [1.29, 1.82) is 0 Å². The summed E-state index contributed by atoms with van der Waals surface area (Å²) in [6.07, 6.45) is 12.3. The van der Waals surface area contributed by atoms with E-state index in [1.165, 1.54) is 19.3 Å². The number of carbonyl (C=O) groups is 2. The van der Waals surface area contributed by atoms with Gasteiger partial charge in [0.25, 0.3) is 0 Å². The van der Waals surface area contributed by atoms with Crippen molar-refractivity contribution in [3.8, 4) is 0 Å². The third kappa shape index (κ3) is 6.40. The van der Waals surface area contributed by atoms with Crippen LogP contribution >= 0.6 is 0 Å². The molecule has 0 amide bonds. The molecule has 4 atom stereocenters. The Morgan fingerprint density at radius 3 is 2.80 bits per heavy atom. The quantitative estimate of drug-likeness (QED) is 0.258. The average Bonchev–Trinajstić information content (AvgIpc) is 3.23. The maximum Gasteiger partial charge on any atom is 0.303 e. The Labute approximate surface area is 149 Å². The molecule has 0 bridgehead atoms. The van der Waals surface area contributed by atoms with Crippen LogP contribution in [-0.2, 0) is 14.3 Å². The van der Waals surface area contributed by atoms with Crippen molar-refractivity contribution in [2.24, 2.45) is 5.92 Å². The Balaban J connectivity index is 1.82. The fourth-order valence-corrected chi connectivity index (χ4v) is 3.40. The molecule has 0 radical (unpaired) electrons. The molecule has 1 aliphatic heterocycles. The van der Waals surface area contributed by atoms with Gasteiger partial charge in [-0.2, -0.15) is 0 Å². The minimum atomic E-state index is -0.796. The predicted molar refractivity (Wildman–Crippen MR) is 95.3 cm³/mol. The van der Waals surface area contributed by atoms with Gasteiger partial charge in [0.2, 0.25) is 0 Å². The molecule has 2 fully saturated rings. The lowest BCUT2D eigenvalue weighted by molar-refractivity contribution is -0.137. The fourth-order valence-electron chi connectivity index (χ4n) is 3.40. The molecule has 1 saturated carbocycles. The van der Waals surface area contributed by atoms with Gasteiger partial charge in [-0.25, -0.2) is 0 Å². The topological polar surface area (TPSA) is 87.1 Å². The van der Waals surface area contributed by atoms with E-state index in [0.29, 0.717) is 24.8 Å². The minimum absolute atomic E-state index is 0.0108. The maximum absolute atomic E-state index is 12.2. The number of epoxide rings is 1. The number of ether oxygens (including phenoxy) is 1. The number of carbonyl (C=O) groups excluding carboxylic acids is 1. The first-order chi connectivity index (χ1) is 12.0. The van der Waals surface area contributed by atoms with Crippen molar-refractivity contribution >= 4 is 11.8 Å². The lowest BCUT2D eigenvalue weighted by Crippen LogP contribution is -2.14. The molecule has 25 heavy (non-hydrogen) atoms. The van der Waals surface area contributed by atoms with Crippen molar-refractivity contribution in [1.82, 2.24) is 0 Å². The van der Waals surface area contributed by atoms with E-state index >= 15 is 0 Å². The highest BCUT2D eigenvalue weighted by molar-refractivity contribution is 5.99. The monoisotopic (exact) mass is 350 g/mol. The summed E-state index contributed by atoms with van der Waals surface area (Å²) in [6, 6.07) is 0. The van der Waals surface area contributed by atoms with Crippen molar-refractivity contribution in [3.05, 3.63) is 23.8 Å². The van der Waals surface area contributed by atoms with E-state index < -0.39 is 12.1 Å². The normalized spacial score (nSPS) is 30.5. The average molecular weight is 350 g/mol. The molecule has 0 unspecified atom stereocenters. The minimum Gasteiger partial charge on any atom is -0.481 e. The third-order valence-corrected chi connectivity index (χ3v) is 4.96. The summed E-state index contributed by atoms with van der Waals surface area (Å²) in [6.45, 7) is 2.18. The van der Waals surface area contributed by atoms with Crippen LogP contribution in [0.15, 0.2) is 23.8 Å². The number of aliphatic hydroxyl groups is 1. The molecule has 2 rings (SSSR count). The first-order valence-corrected chi connectivity index (χ1v) is 9.48. The largest absolute Gasteiger partial charge is 0.481 e. The molecule has 2 N–H and O–H groups in total. The zero-order valence-corrected chi connectivity index (χ0v) is 15.0. The molecule has 0 spiro atoms. The number of hydrogen-bond donors (Lipinski definition) is 2. The van der Waals surface area contributed by atoms with Crippen molar-refractivity contribution in [2.75, 3.05) is 0 Å². The molecule has 1 aliphatic carbocycles. The zero-order valence-electron chi connectivity index (χ0n) is 15.0. The molecule has 1 saturated heterocycles. The molecule has 2 aliphatic rings. The first-order valence-electron chi connectivity index (χ1n) is 9.48. The second-order valence-corrected chi connectivity index (χ2v) is 7.05. The number of allylic oxidation sites excluding steroid dienone is 2. The van der Waals surface area contributed by atoms with Gasteiger partial charge in [-0.05, 0) is 43.8 Å². The fraction of sp³-hybridized carbons (Fsp3) is 0.700. The van der Waals surface area contributed by atoms with Gasteiger partial charge in [-0.15, -0.1) is 0 Å². The van der Waals surface area contributed by atoms with E-state index in [0.717, 1.165) is 6.42 Å². The molecular formula is C20H30O5. The Hall–Kier alpha value is -1.46. The number of carboxylic acid groups (broad SMARTS) is 1. The maximum atomic E-state index is 12.2. The van der Waals surface area contributed by atoms with Gasteiger partial charge in [-0.3, -0.25) is 9.59 Å². The summed E-state index contributed by atoms with van der Waals surface area (Å²) < 4.78 is 5.54. The molecule has 0 aromatic rings. The van der Waals surface area contributed by atoms with Crippen LogP contribution in [0.1, 0.15) is 64.7 Å². The molecule has 5 heteroatoms. The van der Waals surface area contributed by atoms with Crippen LogP contribution in [0.25, 0.3) is 0 Å². The Morgan fingerprint density at radius 2 is 2.08 bits per heavy atom. The van der Waals surface area contributed by atoms with E-state index in [9.17, 15) is 14.7 Å². The Morgan fingerprint density at radius 1 is 1.28 bits per heavy atom. The van der Waals surface area contributed by atoms with E-state index in [1.54, 1.807) is 0 Å². The van der Waals surface area contributed by atoms with Crippen LogP contribution in [0.3, 0.4) is 0 Å². The second-order valence-electron chi connectivity index (χ2n) is 7.05. The highest BCUT2D eigenvalue weighted by Gasteiger charge is 2.41. The zero-order chi connectivity index (χ0) is 18.2.